The van der Waals surface area contributed by atoms with E-state index in [0.717, 1.165) is 24.8 Å². The van der Waals surface area contributed by atoms with Gasteiger partial charge in [0.1, 0.15) is 11.6 Å². The van der Waals surface area contributed by atoms with Crippen LogP contribution in [0.25, 0.3) is 11.1 Å². The van der Waals surface area contributed by atoms with Gasteiger partial charge in [0.15, 0.2) is 0 Å². The molecule has 1 fully saturated rings. The first-order chi connectivity index (χ1) is 12.5. The second kappa shape index (κ2) is 7.81. The highest BCUT2D eigenvalue weighted by Gasteiger charge is 2.34. The fourth-order valence-corrected chi connectivity index (χ4v) is 3.50. The molecule has 1 saturated carbocycles. The van der Waals surface area contributed by atoms with Crippen LogP contribution in [0, 0.1) is 17.7 Å². The number of ketones is 1. The first-order valence-electron chi connectivity index (χ1n) is 9.10. The Morgan fingerprint density at radius 3 is 2.54 bits per heavy atom. The number of hydrogen-bond acceptors (Lipinski definition) is 2. The molecule has 1 aliphatic carbocycles. The first-order valence-corrected chi connectivity index (χ1v) is 9.10. The molecule has 0 saturated heterocycles. The Hall–Kier alpha value is -2.49. The van der Waals surface area contributed by atoms with Crippen LogP contribution >= 0.6 is 0 Å². The van der Waals surface area contributed by atoms with Gasteiger partial charge < -0.3 is 4.74 Å². The normalized spacial score (nSPS) is 19.1. The third-order valence-electron chi connectivity index (χ3n) is 4.90. The fourth-order valence-electron chi connectivity index (χ4n) is 3.50. The van der Waals surface area contributed by atoms with Crippen molar-refractivity contribution in [1.29, 1.82) is 0 Å². The largest absolute Gasteiger partial charge is 0.491 e. The van der Waals surface area contributed by atoms with E-state index in [1.54, 1.807) is 12.1 Å². The molecule has 0 unspecified atom stereocenters. The van der Waals surface area contributed by atoms with Crippen LogP contribution in [-0.4, -0.2) is 18.1 Å². The summed E-state index contributed by atoms with van der Waals surface area (Å²) >= 11 is 0. The quantitative estimate of drug-likeness (QED) is 0.776. The molecule has 0 heterocycles. The maximum absolute atomic E-state index is 14.2. The van der Waals surface area contributed by atoms with Crippen molar-refractivity contribution >= 4 is 12.0 Å². The van der Waals surface area contributed by atoms with Crippen molar-refractivity contribution in [2.24, 2.45) is 11.8 Å². The van der Waals surface area contributed by atoms with Gasteiger partial charge in [-0.1, -0.05) is 24.3 Å². The summed E-state index contributed by atoms with van der Waals surface area (Å²) in [5.74, 6) is 1.08. The summed E-state index contributed by atoms with van der Waals surface area (Å²) in [4.78, 5) is 11.5. The molecule has 0 bridgehead atoms. The number of nitrogens with two attached hydrogens (primary N) is 1. The topological polar surface area (TPSA) is 51.9 Å². The minimum atomic E-state index is -0.257. The Morgan fingerprint density at radius 2 is 1.92 bits per heavy atom. The zero-order chi connectivity index (χ0) is 18.7. The number of rotatable bonds is 7. The average molecular weight is 354 g/mol. The van der Waals surface area contributed by atoms with Crippen LogP contribution in [0.5, 0.6) is 5.75 Å². The Morgan fingerprint density at radius 1 is 1.23 bits per heavy atom. The standard InChI is InChI=1S/C22H24FNO2/c1-14(2)26-19-7-8-21(23)20(12-19)17-5-3-15(4-6-17)9-16-10-18(11-16)22(25)13-24/h3-8,12-14,16,18,24H,9-11H2,1-2H3/p+1. The highest BCUT2D eigenvalue weighted by atomic mass is 19.1. The highest BCUT2D eigenvalue weighted by Crippen LogP contribution is 2.36. The maximum atomic E-state index is 14.2. The number of carbonyl (C=O) groups is 1. The molecule has 4 heteroatoms. The monoisotopic (exact) mass is 354 g/mol. The molecule has 3 rings (SSSR count). The molecule has 0 spiro atoms. The average Bonchev–Trinajstić information content (AvgIpc) is 2.59. The van der Waals surface area contributed by atoms with Gasteiger partial charge in [-0.2, -0.15) is 0 Å². The molecule has 0 atom stereocenters. The number of Topliss-reactive ketones (excluding diaryl/α,β-unsaturated/α-hetero) is 1. The SMILES string of the molecule is CC(C)Oc1ccc(F)c(-c2ccc(CC3CC(C(=O)C=[NH2+])C3)cc2)c1. The van der Waals surface area contributed by atoms with Gasteiger partial charge in [-0.25, -0.2) is 4.39 Å². The van der Waals surface area contributed by atoms with Crippen LogP contribution in [0.15, 0.2) is 42.5 Å². The van der Waals surface area contributed by atoms with Gasteiger partial charge in [0.25, 0.3) is 0 Å². The van der Waals surface area contributed by atoms with Crippen LogP contribution in [0.3, 0.4) is 0 Å². The van der Waals surface area contributed by atoms with Crippen molar-refractivity contribution in [2.45, 2.75) is 39.2 Å². The van der Waals surface area contributed by atoms with Crippen molar-refractivity contribution in [3.05, 3.63) is 53.8 Å². The molecule has 2 aromatic carbocycles. The molecule has 1 aliphatic rings. The Kier molecular flexibility index (Phi) is 5.50. The predicted molar refractivity (Wildman–Crippen MR) is 101 cm³/mol. The summed E-state index contributed by atoms with van der Waals surface area (Å²) < 4.78 is 19.9. The van der Waals surface area contributed by atoms with E-state index in [1.165, 1.54) is 17.8 Å². The lowest BCUT2D eigenvalue weighted by Crippen LogP contribution is -2.41. The first kappa shape index (κ1) is 18.3. The van der Waals surface area contributed by atoms with E-state index >= 15 is 0 Å². The number of ether oxygens (including phenoxy) is 1. The molecule has 136 valence electrons. The summed E-state index contributed by atoms with van der Waals surface area (Å²) in [7, 11) is 0. The molecule has 0 radical (unpaired) electrons. The van der Waals surface area contributed by atoms with Crippen molar-refractivity contribution < 1.29 is 19.3 Å². The van der Waals surface area contributed by atoms with E-state index < -0.39 is 0 Å². The van der Waals surface area contributed by atoms with Crippen LogP contribution < -0.4 is 10.1 Å². The molecule has 2 N–H and O–H groups in total. The molecule has 0 aromatic heterocycles. The van der Waals surface area contributed by atoms with Gasteiger partial charge in [0.05, 0.1) is 6.10 Å². The van der Waals surface area contributed by atoms with Gasteiger partial charge in [0, 0.05) is 11.5 Å². The maximum Gasteiger partial charge on any atom is 0.221 e. The van der Waals surface area contributed by atoms with E-state index in [-0.39, 0.29) is 23.6 Å². The second-order valence-electron chi connectivity index (χ2n) is 7.31. The second-order valence-corrected chi connectivity index (χ2v) is 7.31. The Labute approximate surface area is 153 Å². The number of carbonyl (C=O) groups excluding carboxylic acids is 1. The van der Waals surface area contributed by atoms with E-state index in [1.807, 2.05) is 38.1 Å². The molecule has 0 aliphatic heterocycles. The van der Waals surface area contributed by atoms with Gasteiger partial charge in [-0.3, -0.25) is 10.2 Å². The molecule has 3 nitrogen and oxygen atoms in total. The Balaban J connectivity index is 1.66. The van der Waals surface area contributed by atoms with Crippen molar-refractivity contribution in [3.8, 4) is 16.9 Å². The van der Waals surface area contributed by atoms with Crippen molar-refractivity contribution in [2.75, 3.05) is 0 Å². The zero-order valence-electron chi connectivity index (χ0n) is 15.2. The number of hydrogen-bond donors (Lipinski definition) is 1. The Bertz CT molecular complexity index is 792. The molecular formula is C22H25FNO2+. The summed E-state index contributed by atoms with van der Waals surface area (Å²) in [6.45, 7) is 3.89. The fraction of sp³-hybridized carbons (Fsp3) is 0.364. The molecular weight excluding hydrogens is 329 g/mol. The highest BCUT2D eigenvalue weighted by molar-refractivity contribution is 6.26. The third-order valence-corrected chi connectivity index (χ3v) is 4.90. The van der Waals surface area contributed by atoms with Crippen LogP contribution in [-0.2, 0) is 11.2 Å². The zero-order valence-corrected chi connectivity index (χ0v) is 15.2. The summed E-state index contributed by atoms with van der Waals surface area (Å²) in [6, 6.07) is 12.8. The van der Waals surface area contributed by atoms with E-state index in [9.17, 15) is 9.18 Å². The van der Waals surface area contributed by atoms with Crippen molar-refractivity contribution in [1.82, 2.24) is 0 Å². The van der Waals surface area contributed by atoms with E-state index in [0.29, 0.717) is 17.2 Å². The summed E-state index contributed by atoms with van der Waals surface area (Å²) in [5, 5.41) is 5.29. The lowest BCUT2D eigenvalue weighted by molar-refractivity contribution is -0.135. The smallest absolute Gasteiger partial charge is 0.221 e. The van der Waals surface area contributed by atoms with Gasteiger partial charge in [-0.15, -0.1) is 0 Å². The minimum Gasteiger partial charge on any atom is -0.491 e. The number of halogens is 1. The van der Waals surface area contributed by atoms with Gasteiger partial charge in [-0.05, 0) is 68.4 Å². The summed E-state index contributed by atoms with van der Waals surface area (Å²) in [5.41, 5.74) is 2.58. The van der Waals surface area contributed by atoms with Crippen LogP contribution in [0.1, 0.15) is 32.3 Å². The van der Waals surface area contributed by atoms with E-state index in [2.05, 4.69) is 0 Å². The lowest BCUT2D eigenvalue weighted by atomic mass is 9.70. The van der Waals surface area contributed by atoms with Crippen molar-refractivity contribution in [3.63, 3.8) is 0 Å². The van der Waals surface area contributed by atoms with Crippen LogP contribution in [0.4, 0.5) is 4.39 Å². The van der Waals surface area contributed by atoms with E-state index in [4.69, 9.17) is 10.1 Å². The minimum absolute atomic E-state index is 0.0470. The third kappa shape index (κ3) is 4.18. The predicted octanol–water partition coefficient (Wildman–Crippen LogP) is 3.25. The summed E-state index contributed by atoms with van der Waals surface area (Å²) in [6.07, 6.45) is 3.97. The van der Waals surface area contributed by atoms with Gasteiger partial charge in [0.2, 0.25) is 12.0 Å². The lowest BCUT2D eigenvalue weighted by Gasteiger charge is -2.32. The molecule has 2 aromatic rings. The number of benzene rings is 2. The molecule has 0 amide bonds. The van der Waals surface area contributed by atoms with Gasteiger partial charge >= 0.3 is 0 Å². The van der Waals surface area contributed by atoms with Crippen LogP contribution in [0.2, 0.25) is 0 Å². The molecule has 26 heavy (non-hydrogen) atoms.